The van der Waals surface area contributed by atoms with Gasteiger partial charge in [-0.2, -0.15) is 5.26 Å². The summed E-state index contributed by atoms with van der Waals surface area (Å²) in [6, 6.07) is 5.47. The predicted octanol–water partition coefficient (Wildman–Crippen LogP) is 0.554. The lowest BCUT2D eigenvalue weighted by Crippen LogP contribution is -2.06. The van der Waals surface area contributed by atoms with Crippen LogP contribution in [0.3, 0.4) is 0 Å². The number of nitrogens with zero attached hydrogens (tertiary/aromatic N) is 5. The molecule has 16 heavy (non-hydrogen) atoms. The summed E-state index contributed by atoms with van der Waals surface area (Å²) in [5, 5.41) is 12.5. The zero-order valence-corrected chi connectivity index (χ0v) is 8.70. The normalized spacial score (nSPS) is 12.1. The first-order valence-electron chi connectivity index (χ1n) is 4.74. The van der Waals surface area contributed by atoms with Gasteiger partial charge in [-0.05, 0) is 18.6 Å². The molecule has 0 radical (unpaired) electrons. The van der Waals surface area contributed by atoms with E-state index in [4.69, 9.17) is 11.0 Å². The van der Waals surface area contributed by atoms with Crippen LogP contribution in [-0.4, -0.2) is 19.7 Å². The van der Waals surface area contributed by atoms with Crippen LogP contribution in [0.1, 0.15) is 24.4 Å². The molecule has 2 aromatic rings. The zero-order valence-electron chi connectivity index (χ0n) is 8.70. The van der Waals surface area contributed by atoms with Crippen molar-refractivity contribution in [3.63, 3.8) is 0 Å². The second kappa shape index (κ2) is 4.08. The summed E-state index contributed by atoms with van der Waals surface area (Å²) in [4.78, 5) is 7.98. The molecule has 0 bridgehead atoms. The second-order valence-electron chi connectivity index (χ2n) is 3.36. The molecule has 2 heterocycles. The van der Waals surface area contributed by atoms with E-state index in [1.54, 1.807) is 12.3 Å². The van der Waals surface area contributed by atoms with Gasteiger partial charge in [0.15, 0.2) is 5.82 Å². The number of aromatic nitrogens is 4. The van der Waals surface area contributed by atoms with E-state index in [2.05, 4.69) is 15.1 Å². The lowest BCUT2D eigenvalue weighted by molar-refractivity contribution is 0.795. The molecule has 2 N–H and O–H groups in total. The predicted molar refractivity (Wildman–Crippen MR) is 56.5 cm³/mol. The van der Waals surface area contributed by atoms with E-state index in [1.165, 1.54) is 11.0 Å². The molecule has 0 fully saturated rings. The Balaban J connectivity index is 2.31. The van der Waals surface area contributed by atoms with E-state index in [9.17, 15) is 0 Å². The topological polar surface area (TPSA) is 93.4 Å². The SMILES string of the molecule is C[C@@H](N)c1ccc(-n2cnc(C#N)n2)nc1. The first-order chi connectivity index (χ1) is 7.70. The molecule has 6 nitrogen and oxygen atoms in total. The number of hydrogen-bond acceptors (Lipinski definition) is 5. The maximum Gasteiger partial charge on any atom is 0.252 e. The van der Waals surface area contributed by atoms with Crippen molar-refractivity contribution >= 4 is 0 Å². The Morgan fingerprint density at radius 1 is 1.44 bits per heavy atom. The fourth-order valence-electron chi connectivity index (χ4n) is 1.23. The van der Waals surface area contributed by atoms with Gasteiger partial charge in [0.2, 0.25) is 0 Å². The third kappa shape index (κ3) is 1.89. The first kappa shape index (κ1) is 10.3. The zero-order chi connectivity index (χ0) is 11.5. The number of hydrogen-bond donors (Lipinski definition) is 1. The Morgan fingerprint density at radius 2 is 2.25 bits per heavy atom. The van der Waals surface area contributed by atoms with Crippen LogP contribution < -0.4 is 5.73 Å². The smallest absolute Gasteiger partial charge is 0.252 e. The van der Waals surface area contributed by atoms with Crippen molar-refractivity contribution in [2.24, 2.45) is 5.73 Å². The summed E-state index contributed by atoms with van der Waals surface area (Å²) in [6.45, 7) is 1.89. The van der Waals surface area contributed by atoms with E-state index in [0.717, 1.165) is 5.56 Å². The van der Waals surface area contributed by atoms with Gasteiger partial charge < -0.3 is 5.73 Å². The van der Waals surface area contributed by atoms with E-state index < -0.39 is 0 Å². The number of nitrogens with two attached hydrogens (primary N) is 1. The van der Waals surface area contributed by atoms with Crippen molar-refractivity contribution in [3.05, 3.63) is 36.0 Å². The van der Waals surface area contributed by atoms with E-state index >= 15 is 0 Å². The minimum absolute atomic E-state index is 0.0491. The summed E-state index contributed by atoms with van der Waals surface area (Å²) in [7, 11) is 0. The average Bonchev–Trinajstić information content (AvgIpc) is 2.77. The minimum Gasteiger partial charge on any atom is -0.324 e. The van der Waals surface area contributed by atoms with E-state index in [-0.39, 0.29) is 11.9 Å². The Hall–Kier alpha value is -2.26. The standard InChI is InChI=1S/C10H10N6/c1-7(12)8-2-3-10(13-5-8)16-6-14-9(4-11)15-16/h2-3,5-7H,12H2,1H3/t7-/m1/s1. The van der Waals surface area contributed by atoms with Crippen LogP contribution in [0, 0.1) is 11.3 Å². The lowest BCUT2D eigenvalue weighted by atomic mass is 10.2. The van der Waals surface area contributed by atoms with Crippen LogP contribution in [0.15, 0.2) is 24.7 Å². The summed E-state index contributed by atoms with van der Waals surface area (Å²) in [5.41, 5.74) is 6.66. The van der Waals surface area contributed by atoms with Gasteiger partial charge in [-0.15, -0.1) is 5.10 Å². The Kier molecular flexibility index (Phi) is 2.62. The molecule has 0 aliphatic rings. The molecule has 0 aromatic carbocycles. The highest BCUT2D eigenvalue weighted by molar-refractivity contribution is 5.26. The van der Waals surface area contributed by atoms with E-state index in [1.807, 2.05) is 19.1 Å². The van der Waals surface area contributed by atoms with Gasteiger partial charge in [0.1, 0.15) is 12.4 Å². The molecule has 2 aromatic heterocycles. The van der Waals surface area contributed by atoms with E-state index in [0.29, 0.717) is 5.82 Å². The van der Waals surface area contributed by atoms with Gasteiger partial charge in [-0.25, -0.2) is 14.6 Å². The average molecular weight is 214 g/mol. The van der Waals surface area contributed by atoms with Crippen LogP contribution >= 0.6 is 0 Å². The first-order valence-corrected chi connectivity index (χ1v) is 4.74. The highest BCUT2D eigenvalue weighted by atomic mass is 15.4. The van der Waals surface area contributed by atoms with Crippen molar-refractivity contribution in [1.82, 2.24) is 19.7 Å². The number of rotatable bonds is 2. The third-order valence-electron chi connectivity index (χ3n) is 2.12. The largest absolute Gasteiger partial charge is 0.324 e. The summed E-state index contributed by atoms with van der Waals surface area (Å²) in [6.07, 6.45) is 3.14. The molecular weight excluding hydrogens is 204 g/mol. The molecule has 6 heteroatoms. The molecule has 0 spiro atoms. The molecule has 0 aliphatic carbocycles. The summed E-state index contributed by atoms with van der Waals surface area (Å²) < 4.78 is 1.45. The summed E-state index contributed by atoms with van der Waals surface area (Å²) >= 11 is 0. The second-order valence-corrected chi connectivity index (χ2v) is 3.36. The maximum atomic E-state index is 8.59. The molecular formula is C10H10N6. The van der Waals surface area contributed by atoms with Gasteiger partial charge >= 0.3 is 0 Å². The fraction of sp³-hybridized carbons (Fsp3) is 0.200. The fourth-order valence-corrected chi connectivity index (χ4v) is 1.23. The van der Waals surface area contributed by atoms with Gasteiger partial charge in [0.05, 0.1) is 0 Å². The molecule has 1 atom stereocenters. The minimum atomic E-state index is -0.0491. The molecule has 80 valence electrons. The van der Waals surface area contributed by atoms with Crippen LogP contribution in [0.25, 0.3) is 5.82 Å². The van der Waals surface area contributed by atoms with Crippen molar-refractivity contribution < 1.29 is 0 Å². The van der Waals surface area contributed by atoms with Gasteiger partial charge in [0, 0.05) is 12.2 Å². The third-order valence-corrected chi connectivity index (χ3v) is 2.12. The monoisotopic (exact) mass is 214 g/mol. The summed E-state index contributed by atoms with van der Waals surface area (Å²) in [5.74, 6) is 0.733. The molecule has 2 rings (SSSR count). The number of nitriles is 1. The van der Waals surface area contributed by atoms with Crippen LogP contribution in [-0.2, 0) is 0 Å². The Morgan fingerprint density at radius 3 is 2.75 bits per heavy atom. The van der Waals surface area contributed by atoms with Crippen molar-refractivity contribution in [2.45, 2.75) is 13.0 Å². The van der Waals surface area contributed by atoms with Crippen LogP contribution in [0.5, 0.6) is 0 Å². The van der Waals surface area contributed by atoms with Crippen molar-refractivity contribution in [3.8, 4) is 11.9 Å². The van der Waals surface area contributed by atoms with Gasteiger partial charge in [0.25, 0.3) is 5.82 Å². The molecule has 0 amide bonds. The highest BCUT2D eigenvalue weighted by Gasteiger charge is 2.04. The number of pyridine rings is 1. The van der Waals surface area contributed by atoms with Crippen LogP contribution in [0.4, 0.5) is 0 Å². The molecule has 0 aliphatic heterocycles. The van der Waals surface area contributed by atoms with Gasteiger partial charge in [-0.3, -0.25) is 0 Å². The molecule has 0 saturated heterocycles. The highest BCUT2D eigenvalue weighted by Crippen LogP contribution is 2.09. The quantitative estimate of drug-likeness (QED) is 0.788. The Labute approximate surface area is 92.4 Å². The Bertz CT molecular complexity index is 519. The molecule has 0 saturated carbocycles. The lowest BCUT2D eigenvalue weighted by Gasteiger charge is -2.05. The van der Waals surface area contributed by atoms with Crippen molar-refractivity contribution in [1.29, 1.82) is 5.26 Å². The maximum absolute atomic E-state index is 8.59. The van der Waals surface area contributed by atoms with Gasteiger partial charge in [-0.1, -0.05) is 6.07 Å². The molecule has 0 unspecified atom stereocenters. The van der Waals surface area contributed by atoms with Crippen molar-refractivity contribution in [2.75, 3.05) is 0 Å². The van der Waals surface area contributed by atoms with Crippen LogP contribution in [0.2, 0.25) is 0 Å².